The monoisotopic (exact) mass is 579 g/mol. The zero-order chi connectivity index (χ0) is 29.1. The van der Waals surface area contributed by atoms with E-state index in [2.05, 4.69) is 10.6 Å². The van der Waals surface area contributed by atoms with Crippen LogP contribution in [0.1, 0.15) is 24.0 Å². The largest absolute Gasteiger partial charge is 0.508 e. The predicted molar refractivity (Wildman–Crippen MR) is 156 cm³/mol. The maximum Gasteiger partial charge on any atom is 0.318 e. The van der Waals surface area contributed by atoms with Crippen LogP contribution >= 0.6 is 0 Å². The molecule has 1 aliphatic rings. The number of phenolic OH excluding ortho intramolecular Hbond substituents is 1. The van der Waals surface area contributed by atoms with Gasteiger partial charge in [0.1, 0.15) is 11.8 Å². The van der Waals surface area contributed by atoms with E-state index in [0.29, 0.717) is 39.1 Å². The highest BCUT2D eigenvalue weighted by Crippen LogP contribution is 2.16. The van der Waals surface area contributed by atoms with Crippen molar-refractivity contribution in [3.8, 4) is 5.75 Å². The number of ether oxygens (including phenoxy) is 1. The van der Waals surface area contributed by atoms with Crippen molar-refractivity contribution in [2.45, 2.75) is 42.7 Å². The highest BCUT2D eigenvalue weighted by Gasteiger charge is 2.27. The quantitative estimate of drug-likeness (QED) is 0.302. The number of sulfone groups is 1. The molecule has 1 fully saturated rings. The van der Waals surface area contributed by atoms with Gasteiger partial charge in [-0.25, -0.2) is 13.2 Å². The molecule has 0 unspecified atom stereocenters. The van der Waals surface area contributed by atoms with Crippen LogP contribution < -0.4 is 10.6 Å². The second kappa shape index (κ2) is 14.7. The molecule has 0 bridgehead atoms. The Balaban J connectivity index is 1.49. The third-order valence-corrected chi connectivity index (χ3v) is 8.86. The molecule has 3 N–H and O–H groups in total. The lowest BCUT2D eigenvalue weighted by Crippen LogP contribution is -2.55. The number of carbonyl (C=O) groups is 2. The molecule has 1 saturated heterocycles. The van der Waals surface area contributed by atoms with Crippen LogP contribution in [0.2, 0.25) is 0 Å². The first-order chi connectivity index (χ1) is 19.8. The Morgan fingerprint density at radius 2 is 1.46 bits per heavy atom. The van der Waals surface area contributed by atoms with E-state index in [1.54, 1.807) is 47.4 Å². The zero-order valence-electron chi connectivity index (χ0n) is 22.9. The Morgan fingerprint density at radius 3 is 2.12 bits per heavy atom. The molecule has 1 heterocycles. The number of rotatable bonds is 12. The second-order valence-electron chi connectivity index (χ2n) is 10.1. The van der Waals surface area contributed by atoms with Gasteiger partial charge in [-0.2, -0.15) is 0 Å². The van der Waals surface area contributed by atoms with E-state index in [1.807, 2.05) is 30.3 Å². The minimum Gasteiger partial charge on any atom is -0.508 e. The lowest BCUT2D eigenvalue weighted by Gasteiger charge is -2.30. The molecule has 10 heteroatoms. The standard InChI is InChI=1S/C31H37N3O6S/c35-27-15-12-25(13-16-27)23-29(33-31(37)34-18-20-40-21-19-34)30(36)32-26(14-11-24-7-3-1-4-8-24)17-22-41(38,39)28-9-5-2-6-10-28/h1-10,12-13,15-16,26,29,35H,11,14,17-23H2,(H,32,36)(H,33,37)/t26-,29-/m0/s1. The molecule has 1 aliphatic heterocycles. The van der Waals surface area contributed by atoms with Crippen molar-refractivity contribution in [1.29, 1.82) is 0 Å². The average Bonchev–Trinajstić information content (AvgIpc) is 3.00. The van der Waals surface area contributed by atoms with Gasteiger partial charge >= 0.3 is 6.03 Å². The molecule has 2 atom stereocenters. The van der Waals surface area contributed by atoms with Gasteiger partial charge in [-0.1, -0.05) is 60.7 Å². The van der Waals surface area contributed by atoms with Crippen LogP contribution in [0.4, 0.5) is 4.79 Å². The van der Waals surface area contributed by atoms with E-state index in [0.717, 1.165) is 11.1 Å². The number of nitrogens with zero attached hydrogens (tertiary/aromatic N) is 1. The molecule has 0 radical (unpaired) electrons. The first kappa shape index (κ1) is 30.1. The predicted octanol–water partition coefficient (Wildman–Crippen LogP) is 3.33. The molecule has 3 aromatic rings. The summed E-state index contributed by atoms with van der Waals surface area (Å²) in [6.45, 7) is 1.71. The summed E-state index contributed by atoms with van der Waals surface area (Å²) in [5, 5.41) is 15.6. The number of hydrogen-bond donors (Lipinski definition) is 3. The van der Waals surface area contributed by atoms with Crippen molar-refractivity contribution in [1.82, 2.24) is 15.5 Å². The Kier molecular flexibility index (Phi) is 10.8. The summed E-state index contributed by atoms with van der Waals surface area (Å²) in [5.41, 5.74) is 1.84. The molecule has 0 aromatic heterocycles. The van der Waals surface area contributed by atoms with E-state index in [9.17, 15) is 23.1 Å². The molecule has 3 amide bonds. The fraction of sp³-hybridized carbons (Fsp3) is 0.355. The fourth-order valence-electron chi connectivity index (χ4n) is 4.70. The van der Waals surface area contributed by atoms with Crippen LogP contribution in [0.5, 0.6) is 5.75 Å². The van der Waals surface area contributed by atoms with Crippen molar-refractivity contribution >= 4 is 21.8 Å². The second-order valence-corrected chi connectivity index (χ2v) is 12.2. The topological polar surface area (TPSA) is 125 Å². The normalized spacial score (nSPS) is 15.1. The third kappa shape index (κ3) is 9.33. The summed E-state index contributed by atoms with van der Waals surface area (Å²) < 4.78 is 31.4. The van der Waals surface area contributed by atoms with Crippen molar-refractivity contribution in [2.75, 3.05) is 32.1 Å². The lowest BCUT2D eigenvalue weighted by molar-refractivity contribution is -0.123. The highest BCUT2D eigenvalue weighted by molar-refractivity contribution is 7.91. The maximum atomic E-state index is 13.7. The van der Waals surface area contributed by atoms with Crippen molar-refractivity contribution in [2.24, 2.45) is 0 Å². The van der Waals surface area contributed by atoms with Gasteiger partial charge in [-0.3, -0.25) is 4.79 Å². The van der Waals surface area contributed by atoms with Gasteiger partial charge < -0.3 is 25.4 Å². The Hall–Kier alpha value is -3.89. The number of aryl methyl sites for hydroxylation is 1. The average molecular weight is 580 g/mol. The number of aromatic hydroxyl groups is 1. The number of phenols is 1. The lowest BCUT2D eigenvalue weighted by atomic mass is 10.0. The Labute approximate surface area is 241 Å². The van der Waals surface area contributed by atoms with Crippen molar-refractivity contribution < 1.29 is 27.9 Å². The summed E-state index contributed by atoms with van der Waals surface area (Å²) in [7, 11) is -3.54. The summed E-state index contributed by atoms with van der Waals surface area (Å²) in [6.07, 6.45) is 1.61. The molecular formula is C31H37N3O6S. The van der Waals surface area contributed by atoms with Crippen LogP contribution in [-0.4, -0.2) is 74.5 Å². The summed E-state index contributed by atoms with van der Waals surface area (Å²) in [5.74, 6) is -0.415. The van der Waals surface area contributed by atoms with Gasteiger partial charge in [0, 0.05) is 25.6 Å². The van der Waals surface area contributed by atoms with Crippen LogP contribution in [0.3, 0.4) is 0 Å². The van der Waals surface area contributed by atoms with Gasteiger partial charge in [-0.05, 0) is 54.7 Å². The Morgan fingerprint density at radius 1 is 0.829 bits per heavy atom. The van der Waals surface area contributed by atoms with Crippen LogP contribution in [0.25, 0.3) is 0 Å². The number of nitrogens with one attached hydrogen (secondary N) is 2. The van der Waals surface area contributed by atoms with E-state index < -0.39 is 27.8 Å². The molecule has 3 aromatic carbocycles. The van der Waals surface area contributed by atoms with Crippen molar-refractivity contribution in [3.63, 3.8) is 0 Å². The van der Waals surface area contributed by atoms with Gasteiger partial charge in [0.2, 0.25) is 5.91 Å². The van der Waals surface area contributed by atoms with Crippen LogP contribution in [0, 0.1) is 0 Å². The SMILES string of the molecule is O=C(N[C@@H](CCc1ccccc1)CCS(=O)(=O)c1ccccc1)[C@H](Cc1ccc(O)cc1)NC(=O)N1CCOCC1. The summed E-state index contributed by atoms with van der Waals surface area (Å²) >= 11 is 0. The van der Waals surface area contributed by atoms with Gasteiger partial charge in [0.25, 0.3) is 0 Å². The minimum atomic E-state index is -3.54. The zero-order valence-corrected chi connectivity index (χ0v) is 23.8. The molecule has 9 nitrogen and oxygen atoms in total. The minimum absolute atomic E-state index is 0.104. The molecule has 0 spiro atoms. The molecule has 218 valence electrons. The fourth-order valence-corrected chi connectivity index (χ4v) is 6.11. The van der Waals surface area contributed by atoms with E-state index in [4.69, 9.17) is 4.74 Å². The van der Waals surface area contributed by atoms with Crippen LogP contribution in [-0.2, 0) is 32.2 Å². The number of morpholine rings is 1. The van der Waals surface area contributed by atoms with E-state index in [-0.39, 0.29) is 35.3 Å². The number of benzene rings is 3. The van der Waals surface area contributed by atoms with E-state index in [1.165, 1.54) is 12.1 Å². The van der Waals surface area contributed by atoms with Gasteiger partial charge in [0.05, 0.1) is 23.9 Å². The van der Waals surface area contributed by atoms with Crippen molar-refractivity contribution in [3.05, 3.63) is 96.1 Å². The van der Waals surface area contributed by atoms with Gasteiger partial charge in [-0.15, -0.1) is 0 Å². The molecule has 4 rings (SSSR count). The van der Waals surface area contributed by atoms with Crippen LogP contribution in [0.15, 0.2) is 89.8 Å². The Bertz CT molecular complexity index is 1360. The highest BCUT2D eigenvalue weighted by atomic mass is 32.2. The van der Waals surface area contributed by atoms with E-state index >= 15 is 0 Å². The number of hydrogen-bond acceptors (Lipinski definition) is 6. The third-order valence-electron chi connectivity index (χ3n) is 7.10. The summed E-state index contributed by atoms with van der Waals surface area (Å²) in [6, 6.07) is 22.9. The van der Waals surface area contributed by atoms with Gasteiger partial charge in [0.15, 0.2) is 9.84 Å². The molecule has 41 heavy (non-hydrogen) atoms. The number of amides is 3. The first-order valence-corrected chi connectivity index (χ1v) is 15.5. The smallest absolute Gasteiger partial charge is 0.318 e. The number of urea groups is 1. The maximum absolute atomic E-state index is 13.7. The molecule has 0 aliphatic carbocycles. The first-order valence-electron chi connectivity index (χ1n) is 13.8. The molecular weight excluding hydrogens is 542 g/mol. The molecule has 0 saturated carbocycles. The summed E-state index contributed by atoms with van der Waals surface area (Å²) in [4.78, 5) is 28.6. The number of carbonyl (C=O) groups excluding carboxylic acids is 2.